The molecule has 8 atom stereocenters. The van der Waals surface area contributed by atoms with Crippen LogP contribution in [0.3, 0.4) is 0 Å². The number of nitrogens with zero attached hydrogens (tertiary/aromatic N) is 5. The highest BCUT2D eigenvalue weighted by Crippen LogP contribution is 2.44. The average molecular weight is 1070 g/mol. The first-order valence-electron chi connectivity index (χ1n) is 27.3. The Kier molecular flexibility index (Phi) is 24.7. The fourth-order valence-electron chi connectivity index (χ4n) is 10.7. The van der Waals surface area contributed by atoms with E-state index in [2.05, 4.69) is 54.1 Å². The summed E-state index contributed by atoms with van der Waals surface area (Å²) in [5.41, 5.74) is 5.50. The van der Waals surface area contributed by atoms with Crippen molar-refractivity contribution in [3.63, 3.8) is 0 Å². The maximum atomic E-state index is 14.5. The number of hydrogen-bond acceptors (Lipinski definition) is 11. The van der Waals surface area contributed by atoms with Crippen LogP contribution in [0.5, 0.6) is 0 Å². The lowest BCUT2D eigenvalue weighted by atomic mass is 9.89. The van der Waals surface area contributed by atoms with Gasteiger partial charge in [0, 0.05) is 81.4 Å². The molecule has 1 saturated heterocycles. The predicted octanol–water partition coefficient (Wildman–Crippen LogP) is 5.83. The van der Waals surface area contributed by atoms with Crippen molar-refractivity contribution in [1.82, 2.24) is 35.6 Å². The highest BCUT2D eigenvalue weighted by Gasteiger charge is 2.43. The number of rotatable bonds is 29. The lowest BCUT2D eigenvalue weighted by Gasteiger charge is -2.40. The van der Waals surface area contributed by atoms with Crippen LogP contribution in [0.15, 0.2) is 83.9 Å². The van der Waals surface area contributed by atoms with Crippen LogP contribution >= 0.6 is 0 Å². The van der Waals surface area contributed by atoms with Crippen molar-refractivity contribution in [2.75, 3.05) is 102 Å². The molecule has 0 bridgehead atoms. The summed E-state index contributed by atoms with van der Waals surface area (Å²) in [6, 6.07) is 23.4. The SMILES string of the molecule is CC[C@H](C)[C@@H]([C@@H](CC(=O)N1CCC[C@H]1[C@H](OC)[C@@H](C)C(=O)N[C@@H](Cc1ccccc1)C(=O)NCCOCCOCCNC(=O)OCC1c2ccccc2-c2ccccc21)OC)N(C)C(=O)[C@@H](N=C(N(C)C)N(C)C)C(C)C. The van der Waals surface area contributed by atoms with Gasteiger partial charge in [0.2, 0.25) is 23.6 Å². The molecule has 3 aromatic rings. The van der Waals surface area contributed by atoms with Gasteiger partial charge in [-0.2, -0.15) is 0 Å². The van der Waals surface area contributed by atoms with Crippen LogP contribution in [0.25, 0.3) is 11.1 Å². The van der Waals surface area contributed by atoms with E-state index in [1.165, 1.54) is 11.1 Å². The van der Waals surface area contributed by atoms with Crippen molar-refractivity contribution in [3.8, 4) is 11.1 Å². The molecule has 0 unspecified atom stereocenters. The zero-order valence-corrected chi connectivity index (χ0v) is 47.8. The van der Waals surface area contributed by atoms with Gasteiger partial charge < -0.3 is 59.2 Å². The van der Waals surface area contributed by atoms with Gasteiger partial charge in [0.25, 0.3) is 0 Å². The molecule has 1 heterocycles. The van der Waals surface area contributed by atoms with Crippen LogP contribution < -0.4 is 16.0 Å². The second-order valence-electron chi connectivity index (χ2n) is 21.0. The van der Waals surface area contributed by atoms with Gasteiger partial charge in [-0.05, 0) is 52.5 Å². The molecule has 0 saturated carbocycles. The molecule has 5 amide bonds. The van der Waals surface area contributed by atoms with E-state index in [4.69, 9.17) is 28.7 Å². The van der Waals surface area contributed by atoms with Gasteiger partial charge in [-0.25, -0.2) is 9.79 Å². The molecule has 5 rings (SSSR count). The molecule has 1 aliphatic heterocycles. The normalized spacial score (nSPS) is 16.7. The molecule has 3 N–H and O–H groups in total. The zero-order chi connectivity index (χ0) is 56.2. The van der Waals surface area contributed by atoms with E-state index in [1.807, 2.05) is 106 Å². The van der Waals surface area contributed by atoms with E-state index >= 15 is 0 Å². The van der Waals surface area contributed by atoms with Crippen molar-refractivity contribution in [1.29, 1.82) is 0 Å². The number of likely N-dealkylation sites (tertiary alicyclic amines) is 1. The summed E-state index contributed by atoms with van der Waals surface area (Å²) in [6.45, 7) is 12.1. The molecule has 18 nitrogen and oxygen atoms in total. The molecule has 1 aliphatic carbocycles. The van der Waals surface area contributed by atoms with Gasteiger partial charge in [0.05, 0.1) is 63.1 Å². The Morgan fingerprint density at radius 1 is 0.740 bits per heavy atom. The Labute approximate surface area is 457 Å². The molecule has 424 valence electrons. The largest absolute Gasteiger partial charge is 0.449 e. The summed E-state index contributed by atoms with van der Waals surface area (Å²) in [4.78, 5) is 81.6. The van der Waals surface area contributed by atoms with E-state index in [1.54, 1.807) is 38.0 Å². The molecule has 1 fully saturated rings. The minimum atomic E-state index is -0.906. The van der Waals surface area contributed by atoms with E-state index in [0.717, 1.165) is 29.5 Å². The smallest absolute Gasteiger partial charge is 0.407 e. The van der Waals surface area contributed by atoms with Gasteiger partial charge in [-0.1, -0.05) is 120 Å². The van der Waals surface area contributed by atoms with Crippen LogP contribution in [-0.4, -0.2) is 194 Å². The summed E-state index contributed by atoms with van der Waals surface area (Å²) < 4.78 is 29.1. The Hall–Kier alpha value is -6.08. The number of guanidine groups is 1. The van der Waals surface area contributed by atoms with E-state index in [-0.39, 0.29) is 100 Å². The number of aliphatic imine (C=N–C) groups is 1. The van der Waals surface area contributed by atoms with Crippen molar-refractivity contribution < 1.29 is 47.7 Å². The number of amides is 5. The molecule has 77 heavy (non-hydrogen) atoms. The summed E-state index contributed by atoms with van der Waals surface area (Å²) in [6.07, 6.45) is 0.553. The molecular weight excluding hydrogens is 981 g/mol. The minimum absolute atomic E-state index is 0.00875. The molecule has 18 heteroatoms. The quantitative estimate of drug-likeness (QED) is 0.0429. The fourth-order valence-corrected chi connectivity index (χ4v) is 10.7. The molecule has 3 aromatic carbocycles. The zero-order valence-electron chi connectivity index (χ0n) is 47.8. The first kappa shape index (κ1) is 61.8. The summed E-state index contributed by atoms with van der Waals surface area (Å²) in [5.74, 6) is -1.23. The third-order valence-corrected chi connectivity index (χ3v) is 14.9. The topological polar surface area (TPSA) is 193 Å². The first-order chi connectivity index (χ1) is 36.9. The molecule has 0 spiro atoms. The molecule has 0 radical (unpaired) electrons. The van der Waals surface area contributed by atoms with Crippen molar-refractivity contribution in [2.45, 2.75) is 109 Å². The number of fused-ring (bicyclic) bond motifs is 3. The number of benzene rings is 3. The Morgan fingerprint density at radius 3 is 1.88 bits per heavy atom. The summed E-state index contributed by atoms with van der Waals surface area (Å²) in [5, 5.41) is 8.66. The standard InChI is InChI=1S/C59H88N8O10/c1-13-40(4)53(66(10)57(71)52(39(2)3)63-58(64(6)7)65(8)9)50(73-11)37-51(68)67-31-21-28-49(67)54(74-12)41(5)55(69)62-48(36-42-22-15-14-16-23-42)56(70)60-29-32-75-34-35-76-33-30-61-59(72)77-38-47-45-26-19-17-24-43(45)44-25-18-20-27-46(44)47/h14-20,22-27,39-41,47-50,52-54H,13,21,28-38H2,1-12H3,(H,60,70)(H,61,72)(H,62,69)/t40-,41+,48-,49-,50+,52-,53-,54+/m0/s1. The van der Waals surface area contributed by atoms with Gasteiger partial charge in [-0.15, -0.1) is 0 Å². The number of hydrogen-bond donors (Lipinski definition) is 3. The second kappa shape index (κ2) is 30.8. The van der Waals surface area contributed by atoms with Crippen LogP contribution in [0.4, 0.5) is 4.79 Å². The van der Waals surface area contributed by atoms with Crippen molar-refractivity contribution in [2.24, 2.45) is 22.7 Å². The maximum Gasteiger partial charge on any atom is 0.407 e. The number of alkyl carbamates (subject to hydrolysis) is 1. The molecule has 0 aromatic heterocycles. The number of carbonyl (C=O) groups excluding carboxylic acids is 5. The lowest BCUT2D eigenvalue weighted by Crippen LogP contribution is -2.55. The number of likely N-dealkylation sites (N-methyl/N-ethyl adjacent to an activating group) is 1. The van der Waals surface area contributed by atoms with E-state index in [0.29, 0.717) is 18.9 Å². The third kappa shape index (κ3) is 17.0. The number of carbonyl (C=O) groups is 5. The van der Waals surface area contributed by atoms with Crippen molar-refractivity contribution in [3.05, 3.63) is 95.6 Å². The van der Waals surface area contributed by atoms with E-state index < -0.39 is 48.4 Å². The Bertz CT molecular complexity index is 2330. The number of methoxy groups -OCH3 is 2. The highest BCUT2D eigenvalue weighted by atomic mass is 16.6. The minimum Gasteiger partial charge on any atom is -0.449 e. The lowest BCUT2D eigenvalue weighted by molar-refractivity contribution is -0.146. The monoisotopic (exact) mass is 1070 g/mol. The second-order valence-corrected chi connectivity index (χ2v) is 21.0. The summed E-state index contributed by atoms with van der Waals surface area (Å²) >= 11 is 0. The van der Waals surface area contributed by atoms with E-state index in [9.17, 15) is 24.0 Å². The van der Waals surface area contributed by atoms with Crippen molar-refractivity contribution >= 4 is 35.7 Å². The maximum absolute atomic E-state index is 14.5. The third-order valence-electron chi connectivity index (χ3n) is 14.9. The number of nitrogens with one attached hydrogen (secondary N) is 3. The highest BCUT2D eigenvalue weighted by molar-refractivity contribution is 5.89. The fraction of sp³-hybridized carbons (Fsp3) is 0.593. The van der Waals surface area contributed by atoms with Crippen LogP contribution in [0.2, 0.25) is 0 Å². The van der Waals surface area contributed by atoms with Crippen LogP contribution in [-0.2, 0) is 49.3 Å². The molecule has 2 aliphatic rings. The van der Waals surface area contributed by atoms with Crippen LogP contribution in [0, 0.1) is 17.8 Å². The van der Waals surface area contributed by atoms with Gasteiger partial charge in [0.1, 0.15) is 18.7 Å². The van der Waals surface area contributed by atoms with Gasteiger partial charge >= 0.3 is 6.09 Å². The van der Waals surface area contributed by atoms with Gasteiger partial charge in [0.15, 0.2) is 5.96 Å². The van der Waals surface area contributed by atoms with Crippen LogP contribution in [0.1, 0.15) is 82.9 Å². The predicted molar refractivity (Wildman–Crippen MR) is 299 cm³/mol. The summed E-state index contributed by atoms with van der Waals surface area (Å²) in [7, 11) is 12.5. The number of ether oxygens (including phenoxy) is 5. The Morgan fingerprint density at radius 2 is 1.32 bits per heavy atom. The Balaban J connectivity index is 1.10. The molecular formula is C59H88N8O10. The average Bonchev–Trinajstić information content (AvgIpc) is 4.04. The first-order valence-corrected chi connectivity index (χ1v) is 27.3. The van der Waals surface area contributed by atoms with Gasteiger partial charge in [-0.3, -0.25) is 19.2 Å².